The van der Waals surface area contributed by atoms with Crippen LogP contribution in [0.3, 0.4) is 0 Å². The Labute approximate surface area is 104 Å². The molecule has 2 unspecified atom stereocenters. The van der Waals surface area contributed by atoms with Crippen LogP contribution in [0.15, 0.2) is 0 Å². The summed E-state index contributed by atoms with van der Waals surface area (Å²) in [5.74, 6) is 0.201. The van der Waals surface area contributed by atoms with E-state index in [0.717, 1.165) is 19.3 Å². The molecule has 102 valence electrons. The Morgan fingerprint density at radius 3 is 2.41 bits per heavy atom. The van der Waals surface area contributed by atoms with Gasteiger partial charge in [0.1, 0.15) is 5.78 Å². The summed E-state index contributed by atoms with van der Waals surface area (Å²) < 4.78 is 4.85. The monoisotopic (exact) mass is 246 g/mol. The number of hydrogen-bond donors (Lipinski definition) is 2. The number of Topliss-reactive ketones (excluding diaryl/α,β-unsaturated/α-hetero) is 1. The summed E-state index contributed by atoms with van der Waals surface area (Å²) in [6.07, 6.45) is 3.88. The van der Waals surface area contributed by atoms with E-state index in [-0.39, 0.29) is 11.9 Å². The minimum Gasteiger partial charge on any atom is -0.393 e. The lowest BCUT2D eigenvalue weighted by Crippen LogP contribution is -2.12. The van der Waals surface area contributed by atoms with Crippen molar-refractivity contribution in [1.29, 1.82) is 0 Å². The molecular formula is C13H26O4. The predicted molar refractivity (Wildman–Crippen MR) is 66.9 cm³/mol. The number of aliphatic hydroxyl groups is 2. The quantitative estimate of drug-likeness (QED) is 0.544. The number of methoxy groups -OCH3 is 1. The van der Waals surface area contributed by atoms with Gasteiger partial charge < -0.3 is 14.9 Å². The first-order valence-electron chi connectivity index (χ1n) is 6.43. The zero-order valence-electron chi connectivity index (χ0n) is 11.0. The molecule has 0 spiro atoms. The minimum atomic E-state index is -0.434. The fraction of sp³-hybridized carbons (Fsp3) is 0.923. The molecule has 0 aliphatic carbocycles. The van der Waals surface area contributed by atoms with E-state index in [4.69, 9.17) is 9.84 Å². The highest BCUT2D eigenvalue weighted by atomic mass is 16.5. The van der Waals surface area contributed by atoms with Crippen molar-refractivity contribution in [3.63, 3.8) is 0 Å². The van der Waals surface area contributed by atoms with Gasteiger partial charge in [0.25, 0.3) is 0 Å². The number of carbonyl (C=O) groups is 1. The molecule has 0 amide bonds. The van der Waals surface area contributed by atoms with Gasteiger partial charge in [-0.1, -0.05) is 6.42 Å². The molecule has 0 bridgehead atoms. The zero-order chi connectivity index (χ0) is 13.1. The number of rotatable bonds is 11. The Balaban J connectivity index is 3.39. The molecule has 0 radical (unpaired) electrons. The molecule has 0 aromatic carbocycles. The normalized spacial score (nSPS) is 14.6. The topological polar surface area (TPSA) is 66.8 Å². The molecule has 0 aromatic heterocycles. The van der Waals surface area contributed by atoms with Crippen LogP contribution in [0, 0.1) is 0 Å². The lowest BCUT2D eigenvalue weighted by Gasteiger charge is -2.09. The van der Waals surface area contributed by atoms with Gasteiger partial charge in [-0.3, -0.25) is 4.79 Å². The summed E-state index contributed by atoms with van der Waals surface area (Å²) in [6.45, 7) is 2.29. The average Bonchev–Trinajstić information content (AvgIpc) is 2.29. The Kier molecular flexibility index (Phi) is 10.4. The summed E-state index contributed by atoms with van der Waals surface area (Å²) in [5.41, 5.74) is 0. The smallest absolute Gasteiger partial charge is 0.133 e. The Morgan fingerprint density at radius 2 is 1.82 bits per heavy atom. The number of hydrogen-bond acceptors (Lipinski definition) is 4. The van der Waals surface area contributed by atoms with Crippen molar-refractivity contribution in [3.8, 4) is 0 Å². The fourth-order valence-electron chi connectivity index (χ4n) is 1.61. The van der Waals surface area contributed by atoms with Crippen molar-refractivity contribution in [3.05, 3.63) is 0 Å². The molecule has 0 saturated heterocycles. The third kappa shape index (κ3) is 11.8. The van der Waals surface area contributed by atoms with E-state index in [9.17, 15) is 9.90 Å². The molecule has 0 aromatic rings. The van der Waals surface area contributed by atoms with Gasteiger partial charge in [0, 0.05) is 26.6 Å². The van der Waals surface area contributed by atoms with Gasteiger partial charge in [-0.25, -0.2) is 0 Å². The molecular weight excluding hydrogens is 220 g/mol. The van der Waals surface area contributed by atoms with Gasteiger partial charge in [0.15, 0.2) is 0 Å². The van der Waals surface area contributed by atoms with E-state index in [1.165, 1.54) is 0 Å². The maximum absolute atomic E-state index is 11.5. The van der Waals surface area contributed by atoms with Crippen LogP contribution in [0.1, 0.15) is 51.9 Å². The molecule has 2 N–H and O–H groups in total. The summed E-state index contributed by atoms with van der Waals surface area (Å²) in [4.78, 5) is 11.5. The number of unbranched alkanes of at least 4 members (excludes halogenated alkanes) is 1. The third-order valence-electron chi connectivity index (χ3n) is 2.74. The molecule has 4 nitrogen and oxygen atoms in total. The Bertz CT molecular complexity index is 192. The molecule has 0 saturated carbocycles. The van der Waals surface area contributed by atoms with Crippen LogP contribution in [0.4, 0.5) is 0 Å². The van der Waals surface area contributed by atoms with Crippen molar-refractivity contribution >= 4 is 5.78 Å². The van der Waals surface area contributed by atoms with E-state index >= 15 is 0 Å². The molecule has 17 heavy (non-hydrogen) atoms. The average molecular weight is 246 g/mol. The number of ketones is 1. The largest absolute Gasteiger partial charge is 0.393 e. The molecule has 0 aliphatic heterocycles. The van der Waals surface area contributed by atoms with Crippen LogP contribution >= 0.6 is 0 Å². The highest BCUT2D eigenvalue weighted by Gasteiger charge is 2.08. The second kappa shape index (κ2) is 10.7. The standard InChI is InChI=1S/C13H26O4/c1-11(14)5-3-4-6-12(15)7-8-13(16)9-10-17-2/h11,13-14,16H,3-10H2,1-2H3. The highest BCUT2D eigenvalue weighted by Crippen LogP contribution is 2.08. The first kappa shape index (κ1) is 16.6. The minimum absolute atomic E-state index is 0.201. The maximum atomic E-state index is 11.5. The Hall–Kier alpha value is -0.450. The third-order valence-corrected chi connectivity index (χ3v) is 2.74. The maximum Gasteiger partial charge on any atom is 0.133 e. The van der Waals surface area contributed by atoms with Crippen LogP contribution in [0.5, 0.6) is 0 Å². The summed E-state index contributed by atoms with van der Waals surface area (Å²) >= 11 is 0. The second-order valence-electron chi connectivity index (χ2n) is 4.61. The van der Waals surface area contributed by atoms with Crippen LogP contribution in [-0.4, -0.2) is 41.9 Å². The molecule has 0 aliphatic rings. The van der Waals surface area contributed by atoms with Crippen molar-refractivity contribution in [2.24, 2.45) is 0 Å². The molecule has 0 rings (SSSR count). The molecule has 0 heterocycles. The van der Waals surface area contributed by atoms with Crippen LogP contribution in [-0.2, 0) is 9.53 Å². The van der Waals surface area contributed by atoms with Crippen molar-refractivity contribution in [2.45, 2.75) is 64.1 Å². The van der Waals surface area contributed by atoms with Gasteiger partial charge in [-0.2, -0.15) is 0 Å². The lowest BCUT2D eigenvalue weighted by atomic mass is 10.0. The van der Waals surface area contributed by atoms with Crippen LogP contribution < -0.4 is 0 Å². The second-order valence-corrected chi connectivity index (χ2v) is 4.61. The summed E-state index contributed by atoms with van der Waals surface area (Å²) in [5, 5.41) is 18.6. The number of carbonyl (C=O) groups excluding carboxylic acids is 1. The first-order valence-corrected chi connectivity index (χ1v) is 6.43. The lowest BCUT2D eigenvalue weighted by molar-refractivity contribution is -0.119. The van der Waals surface area contributed by atoms with Crippen molar-refractivity contribution < 1.29 is 19.7 Å². The van der Waals surface area contributed by atoms with E-state index in [1.54, 1.807) is 14.0 Å². The van der Waals surface area contributed by atoms with E-state index < -0.39 is 6.10 Å². The molecule has 0 fully saturated rings. The predicted octanol–water partition coefficient (Wildman–Crippen LogP) is 1.67. The van der Waals surface area contributed by atoms with Crippen molar-refractivity contribution in [2.75, 3.05) is 13.7 Å². The Morgan fingerprint density at radius 1 is 1.12 bits per heavy atom. The van der Waals surface area contributed by atoms with Gasteiger partial charge in [-0.15, -0.1) is 0 Å². The number of aliphatic hydroxyl groups excluding tert-OH is 2. The van der Waals surface area contributed by atoms with Crippen molar-refractivity contribution in [1.82, 2.24) is 0 Å². The van der Waals surface area contributed by atoms with Crippen LogP contribution in [0.25, 0.3) is 0 Å². The summed E-state index contributed by atoms with van der Waals surface area (Å²) in [7, 11) is 1.60. The van der Waals surface area contributed by atoms with Gasteiger partial charge in [0.05, 0.1) is 12.2 Å². The molecule has 4 heteroatoms. The van der Waals surface area contributed by atoms with E-state index in [1.807, 2.05) is 0 Å². The zero-order valence-corrected chi connectivity index (χ0v) is 11.0. The summed E-state index contributed by atoms with van der Waals surface area (Å²) in [6, 6.07) is 0. The first-order chi connectivity index (χ1) is 8.06. The molecule has 2 atom stereocenters. The van der Waals surface area contributed by atoms with Gasteiger partial charge in [0.2, 0.25) is 0 Å². The van der Waals surface area contributed by atoms with Gasteiger partial charge >= 0.3 is 0 Å². The van der Waals surface area contributed by atoms with E-state index in [0.29, 0.717) is 32.3 Å². The highest BCUT2D eigenvalue weighted by molar-refractivity contribution is 5.78. The fourth-order valence-corrected chi connectivity index (χ4v) is 1.61. The van der Waals surface area contributed by atoms with Crippen LogP contribution in [0.2, 0.25) is 0 Å². The van der Waals surface area contributed by atoms with Gasteiger partial charge in [-0.05, 0) is 32.6 Å². The SMILES string of the molecule is COCCC(O)CCC(=O)CCCCC(C)O. The van der Waals surface area contributed by atoms with E-state index in [2.05, 4.69) is 0 Å². The number of ether oxygens (including phenoxy) is 1.